The van der Waals surface area contributed by atoms with Crippen LogP contribution in [-0.4, -0.2) is 27.8 Å². The van der Waals surface area contributed by atoms with E-state index in [0.29, 0.717) is 0 Å². The molecule has 2 heterocycles. The molecule has 0 saturated carbocycles. The summed E-state index contributed by atoms with van der Waals surface area (Å²) in [6.45, 7) is 6.28. The van der Waals surface area contributed by atoms with E-state index in [1.807, 2.05) is 10.7 Å². The molecule has 1 aliphatic rings. The van der Waals surface area contributed by atoms with Gasteiger partial charge in [0.05, 0.1) is 5.69 Å². The summed E-state index contributed by atoms with van der Waals surface area (Å²) in [5.74, 6) is 0.779. The predicted octanol–water partition coefficient (Wildman–Crippen LogP) is 1.08. The number of aromatic nitrogens is 2. The minimum atomic E-state index is 0.779. The zero-order chi connectivity index (χ0) is 9.97. The van der Waals surface area contributed by atoms with E-state index in [-0.39, 0.29) is 0 Å². The maximum absolute atomic E-state index is 5.81. The molecule has 4 heteroatoms. The third-order valence-electron chi connectivity index (χ3n) is 2.75. The van der Waals surface area contributed by atoms with Crippen molar-refractivity contribution >= 4 is 5.82 Å². The molecule has 0 radical (unpaired) electrons. The molecule has 2 N–H and O–H groups in total. The van der Waals surface area contributed by atoms with Gasteiger partial charge in [-0.15, -0.1) is 0 Å². The van der Waals surface area contributed by atoms with E-state index in [0.717, 1.165) is 24.6 Å². The van der Waals surface area contributed by atoms with Crippen LogP contribution in [0, 0.1) is 0 Å². The molecule has 14 heavy (non-hydrogen) atoms. The molecule has 1 fully saturated rings. The van der Waals surface area contributed by atoms with Gasteiger partial charge in [-0.2, -0.15) is 5.10 Å². The van der Waals surface area contributed by atoms with Gasteiger partial charge in [0, 0.05) is 19.2 Å². The fraction of sp³-hybridized carbons (Fsp3) is 0.700. The second-order valence-corrected chi connectivity index (χ2v) is 3.86. The summed E-state index contributed by atoms with van der Waals surface area (Å²) in [5.41, 5.74) is 6.91. The van der Waals surface area contributed by atoms with Crippen LogP contribution in [0.25, 0.3) is 0 Å². The molecule has 0 spiro atoms. The van der Waals surface area contributed by atoms with Gasteiger partial charge < -0.3 is 5.73 Å². The number of hydrogen-bond donors (Lipinski definition) is 1. The van der Waals surface area contributed by atoms with Crippen LogP contribution in [-0.2, 0) is 13.1 Å². The fourth-order valence-corrected chi connectivity index (χ4v) is 1.99. The van der Waals surface area contributed by atoms with Gasteiger partial charge >= 0.3 is 0 Å². The largest absolute Gasteiger partial charge is 0.384 e. The van der Waals surface area contributed by atoms with Gasteiger partial charge in [-0.05, 0) is 32.9 Å². The van der Waals surface area contributed by atoms with E-state index in [9.17, 15) is 0 Å². The Bertz CT molecular complexity index is 299. The Balaban J connectivity index is 2.01. The zero-order valence-electron chi connectivity index (χ0n) is 8.74. The highest BCUT2D eigenvalue weighted by atomic mass is 15.3. The molecule has 0 aromatic carbocycles. The molecule has 0 unspecified atom stereocenters. The third kappa shape index (κ3) is 1.90. The number of nitrogens with two attached hydrogens (primary N) is 1. The van der Waals surface area contributed by atoms with Crippen LogP contribution in [0.1, 0.15) is 25.5 Å². The minimum Gasteiger partial charge on any atom is -0.384 e. The van der Waals surface area contributed by atoms with Gasteiger partial charge in [-0.1, -0.05) is 0 Å². The average Bonchev–Trinajstić information content (AvgIpc) is 2.76. The zero-order valence-corrected chi connectivity index (χ0v) is 8.74. The van der Waals surface area contributed by atoms with Crippen LogP contribution in [0.15, 0.2) is 6.07 Å². The quantitative estimate of drug-likeness (QED) is 0.783. The summed E-state index contributed by atoms with van der Waals surface area (Å²) in [6, 6.07) is 1.99. The molecule has 0 atom stereocenters. The van der Waals surface area contributed by atoms with Gasteiger partial charge in [0.2, 0.25) is 0 Å². The van der Waals surface area contributed by atoms with E-state index >= 15 is 0 Å². The van der Waals surface area contributed by atoms with Gasteiger partial charge in [0.15, 0.2) is 0 Å². The first-order chi connectivity index (χ1) is 6.79. The Morgan fingerprint density at radius 2 is 2.14 bits per heavy atom. The highest BCUT2D eigenvalue weighted by molar-refractivity contribution is 5.30. The van der Waals surface area contributed by atoms with E-state index < -0.39 is 0 Å². The van der Waals surface area contributed by atoms with Crippen molar-refractivity contribution < 1.29 is 0 Å². The van der Waals surface area contributed by atoms with Crippen LogP contribution in [0.3, 0.4) is 0 Å². The van der Waals surface area contributed by atoms with Gasteiger partial charge in [0.25, 0.3) is 0 Å². The number of likely N-dealkylation sites (tertiary alicyclic amines) is 1. The molecular weight excluding hydrogens is 176 g/mol. The van der Waals surface area contributed by atoms with Gasteiger partial charge in [-0.25, -0.2) is 0 Å². The molecule has 0 aliphatic carbocycles. The molecule has 78 valence electrons. The van der Waals surface area contributed by atoms with Crippen molar-refractivity contribution in [2.45, 2.75) is 32.9 Å². The van der Waals surface area contributed by atoms with Crippen LogP contribution in [0.5, 0.6) is 0 Å². The van der Waals surface area contributed by atoms with E-state index in [4.69, 9.17) is 5.73 Å². The Hall–Kier alpha value is -1.03. The van der Waals surface area contributed by atoms with Crippen molar-refractivity contribution in [3.8, 4) is 0 Å². The molecule has 4 nitrogen and oxygen atoms in total. The summed E-state index contributed by atoms with van der Waals surface area (Å²) in [7, 11) is 0. The van der Waals surface area contributed by atoms with Crippen molar-refractivity contribution in [2.24, 2.45) is 0 Å². The lowest BCUT2D eigenvalue weighted by atomic mass is 10.4. The third-order valence-corrected chi connectivity index (χ3v) is 2.75. The first kappa shape index (κ1) is 9.52. The van der Waals surface area contributed by atoms with Gasteiger partial charge in [-0.3, -0.25) is 9.58 Å². The Labute approximate surface area is 84.7 Å². The smallest absolute Gasteiger partial charge is 0.121 e. The lowest BCUT2D eigenvalue weighted by Gasteiger charge is -2.11. The van der Waals surface area contributed by atoms with E-state index in [2.05, 4.69) is 16.9 Å². The number of rotatable bonds is 3. The lowest BCUT2D eigenvalue weighted by molar-refractivity contribution is 0.325. The first-order valence-electron chi connectivity index (χ1n) is 5.34. The number of nitrogens with zero attached hydrogens (tertiary/aromatic N) is 3. The monoisotopic (exact) mass is 194 g/mol. The topological polar surface area (TPSA) is 47.1 Å². The predicted molar refractivity (Wildman–Crippen MR) is 56.8 cm³/mol. The maximum atomic E-state index is 5.81. The number of aryl methyl sites for hydroxylation is 1. The summed E-state index contributed by atoms with van der Waals surface area (Å²) in [5, 5.41) is 4.44. The summed E-state index contributed by atoms with van der Waals surface area (Å²) in [6.07, 6.45) is 2.65. The number of nitrogen functional groups attached to an aromatic ring is 1. The Morgan fingerprint density at radius 1 is 1.43 bits per heavy atom. The summed E-state index contributed by atoms with van der Waals surface area (Å²) < 4.78 is 1.85. The molecule has 1 saturated heterocycles. The van der Waals surface area contributed by atoms with Crippen molar-refractivity contribution in [2.75, 3.05) is 18.8 Å². The molecule has 2 rings (SSSR count). The van der Waals surface area contributed by atoms with E-state index in [1.54, 1.807) is 0 Å². The fourth-order valence-electron chi connectivity index (χ4n) is 1.99. The van der Waals surface area contributed by atoms with E-state index in [1.165, 1.54) is 25.9 Å². The first-order valence-corrected chi connectivity index (χ1v) is 5.34. The molecular formula is C10H18N4. The lowest BCUT2D eigenvalue weighted by Crippen LogP contribution is -2.18. The van der Waals surface area contributed by atoms with Crippen LogP contribution < -0.4 is 5.73 Å². The second kappa shape index (κ2) is 4.00. The second-order valence-electron chi connectivity index (χ2n) is 3.86. The van der Waals surface area contributed by atoms with Gasteiger partial charge in [0.1, 0.15) is 5.82 Å². The molecule has 0 bridgehead atoms. The molecule has 1 aromatic heterocycles. The summed E-state index contributed by atoms with van der Waals surface area (Å²) >= 11 is 0. The van der Waals surface area contributed by atoms with Crippen LogP contribution in [0.2, 0.25) is 0 Å². The molecule has 1 aliphatic heterocycles. The Morgan fingerprint density at radius 3 is 2.71 bits per heavy atom. The van der Waals surface area contributed by atoms with Crippen molar-refractivity contribution in [3.05, 3.63) is 11.8 Å². The highest BCUT2D eigenvalue weighted by Gasteiger charge is 2.13. The number of hydrogen-bond acceptors (Lipinski definition) is 3. The number of anilines is 1. The Kier molecular flexibility index (Phi) is 2.72. The van der Waals surface area contributed by atoms with Crippen LogP contribution in [0.4, 0.5) is 5.82 Å². The van der Waals surface area contributed by atoms with Crippen LogP contribution >= 0.6 is 0 Å². The standard InChI is InChI=1S/C10H18N4/c1-2-14-10(11)7-9(12-14)8-13-5-3-4-6-13/h7H,2-6,8,11H2,1H3. The highest BCUT2D eigenvalue weighted by Crippen LogP contribution is 2.13. The van der Waals surface area contributed by atoms with Crippen molar-refractivity contribution in [3.63, 3.8) is 0 Å². The van der Waals surface area contributed by atoms with Crippen molar-refractivity contribution in [1.29, 1.82) is 0 Å². The average molecular weight is 194 g/mol. The van der Waals surface area contributed by atoms with Crippen molar-refractivity contribution in [1.82, 2.24) is 14.7 Å². The normalized spacial score (nSPS) is 17.8. The molecule has 1 aromatic rings. The molecule has 0 amide bonds. The maximum Gasteiger partial charge on any atom is 0.121 e. The summed E-state index contributed by atoms with van der Waals surface area (Å²) in [4.78, 5) is 2.43. The minimum absolute atomic E-state index is 0.779. The SMILES string of the molecule is CCn1nc(CN2CCCC2)cc1N.